The number of ether oxygens (including phenoxy) is 1. The molecular formula is C23H36IN5O2. The first-order valence-electron chi connectivity index (χ1n) is 10.6. The molecule has 0 saturated carbocycles. The van der Waals surface area contributed by atoms with Gasteiger partial charge in [0.15, 0.2) is 5.96 Å². The Morgan fingerprint density at radius 3 is 2.65 bits per heavy atom. The molecule has 0 bridgehead atoms. The molecule has 172 valence electrons. The van der Waals surface area contributed by atoms with Crippen molar-refractivity contribution in [2.75, 3.05) is 26.7 Å². The summed E-state index contributed by atoms with van der Waals surface area (Å²) >= 11 is 0. The minimum absolute atomic E-state index is 0. The number of aliphatic imine (C=N–C) groups is 1. The van der Waals surface area contributed by atoms with E-state index in [1.807, 2.05) is 0 Å². The fraction of sp³-hybridized carbons (Fsp3) is 0.565. The molecule has 1 fully saturated rings. The third kappa shape index (κ3) is 8.08. The lowest BCUT2D eigenvalue weighted by molar-refractivity contribution is -0.0212. The van der Waals surface area contributed by atoms with Gasteiger partial charge in [-0.3, -0.25) is 9.89 Å². The molecule has 1 aromatic carbocycles. The topological polar surface area (TPSA) is 74.9 Å². The van der Waals surface area contributed by atoms with Crippen LogP contribution < -0.4 is 10.6 Å². The number of hydrogen-bond acceptors (Lipinski definition) is 5. The summed E-state index contributed by atoms with van der Waals surface area (Å²) in [5.74, 6) is 2.26. The Balaban J connectivity index is 0.00000341. The maximum absolute atomic E-state index is 5.83. The summed E-state index contributed by atoms with van der Waals surface area (Å²) in [5.41, 5.74) is 2.50. The number of nitrogens with zero attached hydrogens (tertiary/aromatic N) is 3. The largest absolute Gasteiger partial charge is 0.443 e. The van der Waals surface area contributed by atoms with E-state index in [1.165, 1.54) is 11.1 Å². The second-order valence-corrected chi connectivity index (χ2v) is 8.88. The highest BCUT2D eigenvalue weighted by molar-refractivity contribution is 14.0. The molecule has 1 atom stereocenters. The molecular weight excluding hydrogens is 505 g/mol. The fourth-order valence-electron chi connectivity index (χ4n) is 3.43. The predicted octanol–water partition coefficient (Wildman–Crippen LogP) is 3.68. The first kappa shape index (κ1) is 25.6. The van der Waals surface area contributed by atoms with Crippen molar-refractivity contribution in [1.29, 1.82) is 0 Å². The number of nitrogens with one attached hydrogen (secondary N) is 2. The highest BCUT2D eigenvalue weighted by atomic mass is 127. The molecule has 1 unspecified atom stereocenters. The van der Waals surface area contributed by atoms with E-state index < -0.39 is 0 Å². The number of benzene rings is 1. The van der Waals surface area contributed by atoms with Gasteiger partial charge in [-0.2, -0.15) is 0 Å². The molecule has 8 heteroatoms. The van der Waals surface area contributed by atoms with Crippen molar-refractivity contribution >= 4 is 29.9 Å². The first-order valence-corrected chi connectivity index (χ1v) is 10.6. The Labute approximate surface area is 203 Å². The van der Waals surface area contributed by atoms with Gasteiger partial charge in [-0.05, 0) is 18.1 Å². The smallest absolute Gasteiger partial charge is 0.213 e. The van der Waals surface area contributed by atoms with E-state index in [-0.39, 0.29) is 29.4 Å². The number of morpholine rings is 1. The van der Waals surface area contributed by atoms with Crippen LogP contribution in [0.5, 0.6) is 0 Å². The minimum Gasteiger partial charge on any atom is -0.443 e. The molecule has 1 saturated heterocycles. The van der Waals surface area contributed by atoms with E-state index in [1.54, 1.807) is 13.2 Å². The summed E-state index contributed by atoms with van der Waals surface area (Å²) in [6.45, 7) is 13.4. The van der Waals surface area contributed by atoms with Gasteiger partial charge >= 0.3 is 0 Å². The fourth-order valence-corrected chi connectivity index (χ4v) is 3.43. The molecule has 3 rings (SSSR count). The molecule has 2 N–H and O–H groups in total. The first-order chi connectivity index (χ1) is 14.3. The zero-order valence-electron chi connectivity index (χ0n) is 19.3. The summed E-state index contributed by atoms with van der Waals surface area (Å²) in [5, 5.41) is 6.63. The number of halogens is 1. The summed E-state index contributed by atoms with van der Waals surface area (Å²) in [4.78, 5) is 11.1. The molecule has 0 radical (unpaired) electrons. The SMILES string of the molecule is CN=C(NCc1cccc(CN2CCOC(C)C2)c1)NCc1ncc(C(C)(C)C)o1.I. The van der Waals surface area contributed by atoms with Crippen molar-refractivity contribution in [3.05, 3.63) is 53.2 Å². The molecule has 0 spiro atoms. The maximum Gasteiger partial charge on any atom is 0.213 e. The van der Waals surface area contributed by atoms with E-state index in [2.05, 4.69) is 77.5 Å². The second kappa shape index (κ2) is 11.8. The van der Waals surface area contributed by atoms with E-state index in [9.17, 15) is 0 Å². The molecule has 31 heavy (non-hydrogen) atoms. The normalized spacial score (nSPS) is 17.8. The van der Waals surface area contributed by atoms with Crippen molar-refractivity contribution in [1.82, 2.24) is 20.5 Å². The van der Waals surface area contributed by atoms with Gasteiger partial charge in [0.2, 0.25) is 5.89 Å². The van der Waals surface area contributed by atoms with Gasteiger partial charge in [-0.1, -0.05) is 45.0 Å². The van der Waals surface area contributed by atoms with E-state index in [0.29, 0.717) is 25.1 Å². The standard InChI is InChI=1S/C23H35N5O2.HI/c1-17-15-28(9-10-29-17)16-19-8-6-7-18(11-19)12-26-22(24-5)27-14-21-25-13-20(30-21)23(2,3)4;/h6-8,11,13,17H,9-10,12,14-16H2,1-5H3,(H2,24,26,27);1H. The van der Waals surface area contributed by atoms with Crippen LogP contribution in [0.25, 0.3) is 0 Å². The number of guanidine groups is 1. The van der Waals surface area contributed by atoms with Crippen LogP contribution in [-0.2, 0) is 29.8 Å². The highest BCUT2D eigenvalue weighted by Crippen LogP contribution is 2.22. The second-order valence-electron chi connectivity index (χ2n) is 8.88. The van der Waals surface area contributed by atoms with E-state index >= 15 is 0 Å². The van der Waals surface area contributed by atoms with Crippen LogP contribution in [-0.4, -0.2) is 48.7 Å². The van der Waals surface area contributed by atoms with Crippen molar-refractivity contribution in [3.63, 3.8) is 0 Å². The van der Waals surface area contributed by atoms with Crippen molar-refractivity contribution in [2.45, 2.75) is 58.8 Å². The van der Waals surface area contributed by atoms with Crippen LogP contribution in [0.15, 0.2) is 39.9 Å². The van der Waals surface area contributed by atoms with Crippen molar-refractivity contribution in [2.24, 2.45) is 4.99 Å². The quantitative estimate of drug-likeness (QED) is 0.330. The highest BCUT2D eigenvalue weighted by Gasteiger charge is 2.19. The van der Waals surface area contributed by atoms with Crippen molar-refractivity contribution < 1.29 is 9.15 Å². The Morgan fingerprint density at radius 2 is 1.97 bits per heavy atom. The van der Waals surface area contributed by atoms with Gasteiger partial charge in [-0.15, -0.1) is 24.0 Å². The zero-order valence-corrected chi connectivity index (χ0v) is 21.6. The third-order valence-corrected chi connectivity index (χ3v) is 5.11. The molecule has 0 aliphatic carbocycles. The lowest BCUT2D eigenvalue weighted by atomic mass is 9.94. The van der Waals surface area contributed by atoms with Crippen LogP contribution in [0, 0.1) is 0 Å². The zero-order chi connectivity index (χ0) is 21.6. The van der Waals surface area contributed by atoms with Crippen LogP contribution in [0.2, 0.25) is 0 Å². The van der Waals surface area contributed by atoms with E-state index in [0.717, 1.165) is 38.0 Å². The van der Waals surface area contributed by atoms with Crippen LogP contribution in [0.4, 0.5) is 0 Å². The predicted molar refractivity (Wildman–Crippen MR) is 135 cm³/mol. The average molecular weight is 541 g/mol. The molecule has 1 aliphatic rings. The van der Waals surface area contributed by atoms with Crippen LogP contribution in [0.3, 0.4) is 0 Å². The Hall–Kier alpha value is -1.65. The number of rotatable bonds is 6. The summed E-state index contributed by atoms with van der Waals surface area (Å²) in [7, 11) is 1.77. The maximum atomic E-state index is 5.83. The number of oxazole rings is 1. The van der Waals surface area contributed by atoms with Crippen LogP contribution >= 0.6 is 24.0 Å². The molecule has 7 nitrogen and oxygen atoms in total. The van der Waals surface area contributed by atoms with Gasteiger partial charge < -0.3 is 19.8 Å². The van der Waals surface area contributed by atoms with E-state index in [4.69, 9.17) is 9.15 Å². The molecule has 1 aliphatic heterocycles. The molecule has 1 aromatic heterocycles. The van der Waals surface area contributed by atoms with Gasteiger partial charge in [0.05, 0.1) is 25.5 Å². The molecule has 2 aromatic rings. The Bertz CT molecular complexity index is 846. The molecule has 0 amide bonds. The summed E-state index contributed by atoms with van der Waals surface area (Å²) in [6, 6.07) is 8.69. The van der Waals surface area contributed by atoms with Gasteiger partial charge in [0, 0.05) is 38.6 Å². The van der Waals surface area contributed by atoms with Gasteiger partial charge in [0.25, 0.3) is 0 Å². The van der Waals surface area contributed by atoms with Gasteiger partial charge in [-0.25, -0.2) is 4.98 Å². The van der Waals surface area contributed by atoms with Crippen molar-refractivity contribution in [3.8, 4) is 0 Å². The summed E-state index contributed by atoms with van der Waals surface area (Å²) in [6.07, 6.45) is 2.11. The van der Waals surface area contributed by atoms with Crippen LogP contribution in [0.1, 0.15) is 50.5 Å². The Morgan fingerprint density at radius 1 is 1.23 bits per heavy atom. The average Bonchev–Trinajstić information content (AvgIpc) is 3.18. The lowest BCUT2D eigenvalue weighted by Crippen LogP contribution is -2.40. The van der Waals surface area contributed by atoms with Gasteiger partial charge in [0.1, 0.15) is 5.76 Å². The Kier molecular flexibility index (Phi) is 9.77. The monoisotopic (exact) mass is 541 g/mol. The molecule has 2 heterocycles. The minimum atomic E-state index is -0.0462. The lowest BCUT2D eigenvalue weighted by Gasteiger charge is -2.31. The third-order valence-electron chi connectivity index (χ3n) is 5.11. The number of hydrogen-bond donors (Lipinski definition) is 2. The number of aromatic nitrogens is 1. The summed E-state index contributed by atoms with van der Waals surface area (Å²) < 4.78 is 11.5.